The van der Waals surface area contributed by atoms with Crippen LogP contribution in [0.2, 0.25) is 0 Å². The van der Waals surface area contributed by atoms with E-state index >= 15 is 0 Å². The van der Waals surface area contributed by atoms with Crippen LogP contribution in [0.3, 0.4) is 0 Å². The van der Waals surface area contributed by atoms with Crippen LogP contribution in [0.15, 0.2) is 223 Å². The van der Waals surface area contributed by atoms with E-state index in [1.54, 1.807) is 0 Å². The zero-order valence-electron chi connectivity index (χ0n) is 34.8. The number of aromatic nitrogens is 2. The summed E-state index contributed by atoms with van der Waals surface area (Å²) in [5, 5.41) is 7.20. The normalized spacial score (nSPS) is 12.3. The van der Waals surface area contributed by atoms with Gasteiger partial charge in [-0.15, -0.1) is 0 Å². The molecule has 1 aliphatic carbocycles. The maximum Gasteiger partial charge on any atom is 0.135 e. The molecule has 3 heterocycles. The maximum atomic E-state index is 6.26. The molecule has 13 aromatic rings. The highest BCUT2D eigenvalue weighted by Gasteiger charge is 2.27. The standard InChI is InChI=1S/C61H38N2O/c1-3-15-38(16-4-1)41-31-42(39-17-5-2-6-18-39)33-43(32-41)45-23-13-19-40-34-50-49(61(40)45)24-14-27-56(50)63-55-26-11-8-21-47(55)52-36-57-51(37-58(52)63)46-20-7-10-25-54(46)62(57)44-29-30-60-53(35-44)48-22-9-12-28-59(48)64-60/h1-33,35-37H,34H2. The number of hydrogen-bond acceptors (Lipinski definition) is 1. The van der Waals surface area contributed by atoms with Gasteiger partial charge in [0, 0.05) is 44.4 Å². The number of hydrogen-bond donors (Lipinski definition) is 0. The Morgan fingerprint density at radius 3 is 1.61 bits per heavy atom. The van der Waals surface area contributed by atoms with E-state index in [0.717, 1.165) is 34.0 Å². The van der Waals surface area contributed by atoms with Gasteiger partial charge in [0.1, 0.15) is 11.2 Å². The Labute approximate surface area is 369 Å². The average Bonchev–Trinajstić information content (AvgIpc) is 4.11. The summed E-state index contributed by atoms with van der Waals surface area (Å²) in [5.41, 5.74) is 21.7. The smallest absolute Gasteiger partial charge is 0.135 e. The van der Waals surface area contributed by atoms with Crippen molar-refractivity contribution >= 4 is 65.6 Å². The van der Waals surface area contributed by atoms with Gasteiger partial charge >= 0.3 is 0 Å². The maximum absolute atomic E-state index is 6.26. The lowest BCUT2D eigenvalue weighted by Crippen LogP contribution is -1.99. The highest BCUT2D eigenvalue weighted by atomic mass is 16.3. The lowest BCUT2D eigenvalue weighted by atomic mass is 9.89. The SMILES string of the molecule is c1ccc(-c2cc(-c3ccccc3)cc(-c3cccc4c3-c3cccc(-n5c6ccccc6c6cc7c(cc65)c5ccccc5n7-c5ccc6oc7ccccc7c6c5)c3C4)c2)cc1. The number of benzene rings is 10. The third kappa shape index (κ3) is 5.16. The van der Waals surface area contributed by atoms with Crippen molar-refractivity contribution in [3.8, 4) is 55.9 Å². The summed E-state index contributed by atoms with van der Waals surface area (Å²) in [6.45, 7) is 0. The molecular weight excluding hydrogens is 777 g/mol. The van der Waals surface area contributed by atoms with Crippen LogP contribution in [0, 0.1) is 0 Å². The first-order chi connectivity index (χ1) is 31.7. The van der Waals surface area contributed by atoms with E-state index in [9.17, 15) is 0 Å². The topological polar surface area (TPSA) is 23.0 Å². The fraction of sp³-hybridized carbons (Fsp3) is 0.0164. The summed E-state index contributed by atoms with van der Waals surface area (Å²) < 4.78 is 11.2. The molecule has 0 spiro atoms. The molecule has 0 aliphatic heterocycles. The van der Waals surface area contributed by atoms with Crippen molar-refractivity contribution in [1.29, 1.82) is 0 Å². The molecule has 0 saturated carbocycles. The lowest BCUT2D eigenvalue weighted by molar-refractivity contribution is 0.669. The van der Waals surface area contributed by atoms with Crippen LogP contribution in [-0.4, -0.2) is 9.13 Å². The largest absolute Gasteiger partial charge is 0.456 e. The summed E-state index contributed by atoms with van der Waals surface area (Å²) in [6, 6.07) is 80.0. The summed E-state index contributed by atoms with van der Waals surface area (Å²) in [6.07, 6.45) is 0.860. The molecule has 0 N–H and O–H groups in total. The Balaban J connectivity index is 0.979. The van der Waals surface area contributed by atoms with Crippen LogP contribution in [0.1, 0.15) is 11.1 Å². The second-order valence-corrected chi connectivity index (χ2v) is 17.2. The van der Waals surface area contributed by atoms with Crippen LogP contribution in [0.25, 0.3) is 121 Å². The van der Waals surface area contributed by atoms with E-state index in [4.69, 9.17) is 4.42 Å². The van der Waals surface area contributed by atoms with Gasteiger partial charge in [0.15, 0.2) is 0 Å². The summed E-state index contributed by atoms with van der Waals surface area (Å²) in [7, 11) is 0. The van der Waals surface area contributed by atoms with E-state index in [1.807, 2.05) is 12.1 Å². The molecule has 10 aromatic carbocycles. The number of fused-ring (bicyclic) bond motifs is 12. The highest BCUT2D eigenvalue weighted by Crippen LogP contribution is 2.48. The Morgan fingerprint density at radius 1 is 0.328 bits per heavy atom. The van der Waals surface area contributed by atoms with Crippen LogP contribution in [0.4, 0.5) is 0 Å². The third-order valence-electron chi connectivity index (χ3n) is 13.7. The Hall–Kier alpha value is -8.40. The van der Waals surface area contributed by atoms with Crippen LogP contribution < -0.4 is 0 Å². The van der Waals surface area contributed by atoms with Crippen molar-refractivity contribution in [2.24, 2.45) is 0 Å². The molecule has 3 nitrogen and oxygen atoms in total. The first-order valence-corrected chi connectivity index (χ1v) is 22.1. The highest BCUT2D eigenvalue weighted by molar-refractivity contribution is 6.19. The van der Waals surface area contributed by atoms with E-state index in [-0.39, 0.29) is 0 Å². The second kappa shape index (κ2) is 13.5. The third-order valence-corrected chi connectivity index (χ3v) is 13.7. The molecule has 1 aliphatic rings. The van der Waals surface area contributed by atoms with Gasteiger partial charge in [0.25, 0.3) is 0 Å². The first kappa shape index (κ1) is 35.2. The number of para-hydroxylation sites is 3. The molecule has 0 amide bonds. The molecule has 0 bridgehead atoms. The van der Waals surface area contributed by atoms with Crippen LogP contribution in [-0.2, 0) is 6.42 Å². The van der Waals surface area contributed by atoms with Crippen molar-refractivity contribution in [2.45, 2.75) is 6.42 Å². The monoisotopic (exact) mass is 814 g/mol. The number of furan rings is 1. The van der Waals surface area contributed by atoms with Gasteiger partial charge in [-0.05, 0) is 128 Å². The molecule has 64 heavy (non-hydrogen) atoms. The molecular formula is C61H38N2O. The Kier molecular flexibility index (Phi) is 7.46. The van der Waals surface area contributed by atoms with Gasteiger partial charge in [-0.2, -0.15) is 0 Å². The van der Waals surface area contributed by atoms with Crippen molar-refractivity contribution < 1.29 is 4.42 Å². The molecule has 3 heteroatoms. The van der Waals surface area contributed by atoms with Crippen LogP contribution >= 0.6 is 0 Å². The minimum Gasteiger partial charge on any atom is -0.456 e. The van der Waals surface area contributed by atoms with E-state index in [0.29, 0.717) is 0 Å². The van der Waals surface area contributed by atoms with Gasteiger partial charge in [-0.25, -0.2) is 0 Å². The Bertz CT molecular complexity index is 3980. The fourth-order valence-corrected chi connectivity index (χ4v) is 10.9. The molecule has 0 atom stereocenters. The Morgan fingerprint density at radius 2 is 0.891 bits per heavy atom. The summed E-state index contributed by atoms with van der Waals surface area (Å²) >= 11 is 0. The molecule has 298 valence electrons. The molecule has 0 fully saturated rings. The summed E-state index contributed by atoms with van der Waals surface area (Å²) in [5.74, 6) is 0. The molecule has 0 unspecified atom stereocenters. The van der Waals surface area contributed by atoms with Crippen molar-refractivity contribution in [3.63, 3.8) is 0 Å². The van der Waals surface area contributed by atoms with Crippen molar-refractivity contribution in [2.75, 3.05) is 0 Å². The summed E-state index contributed by atoms with van der Waals surface area (Å²) in [4.78, 5) is 0. The van der Waals surface area contributed by atoms with Gasteiger partial charge in [-0.1, -0.05) is 146 Å². The predicted molar refractivity (Wildman–Crippen MR) is 267 cm³/mol. The van der Waals surface area contributed by atoms with Gasteiger partial charge < -0.3 is 13.6 Å². The van der Waals surface area contributed by atoms with Gasteiger partial charge in [-0.3, -0.25) is 0 Å². The van der Waals surface area contributed by atoms with E-state index < -0.39 is 0 Å². The zero-order chi connectivity index (χ0) is 41.9. The first-order valence-electron chi connectivity index (χ1n) is 22.1. The predicted octanol–water partition coefficient (Wildman–Crippen LogP) is 16.4. The number of nitrogens with zero attached hydrogens (tertiary/aromatic N) is 2. The van der Waals surface area contributed by atoms with E-state index in [2.05, 4.69) is 215 Å². The van der Waals surface area contributed by atoms with Gasteiger partial charge in [0.05, 0.1) is 27.8 Å². The number of rotatable bonds is 5. The molecule has 14 rings (SSSR count). The molecule has 0 radical (unpaired) electrons. The lowest BCUT2D eigenvalue weighted by Gasteiger charge is -2.16. The average molecular weight is 815 g/mol. The van der Waals surface area contributed by atoms with Crippen LogP contribution in [0.5, 0.6) is 0 Å². The fourth-order valence-electron chi connectivity index (χ4n) is 10.9. The zero-order valence-corrected chi connectivity index (χ0v) is 34.8. The molecule has 3 aromatic heterocycles. The van der Waals surface area contributed by atoms with Crippen molar-refractivity contribution in [3.05, 3.63) is 230 Å². The van der Waals surface area contributed by atoms with Crippen molar-refractivity contribution in [1.82, 2.24) is 9.13 Å². The minimum absolute atomic E-state index is 0.860. The van der Waals surface area contributed by atoms with Gasteiger partial charge in [0.2, 0.25) is 0 Å². The quantitative estimate of drug-likeness (QED) is 0.170. The van der Waals surface area contributed by atoms with E-state index in [1.165, 1.54) is 105 Å². The molecule has 0 saturated heterocycles. The minimum atomic E-state index is 0.860. The second-order valence-electron chi connectivity index (χ2n) is 17.2.